The van der Waals surface area contributed by atoms with Crippen LogP contribution >= 0.6 is 209 Å². The molecule has 0 aliphatic carbocycles. The van der Waals surface area contributed by atoms with Gasteiger partial charge >= 0.3 is 23.1 Å². The molecule has 7 heterocycles. The molecule has 2 aliphatic heterocycles. The summed E-state index contributed by atoms with van der Waals surface area (Å²) in [6, 6.07) is 38.8. The molecule has 2 amide bonds. The summed E-state index contributed by atoms with van der Waals surface area (Å²) in [6.07, 6.45) is 11.0. The Morgan fingerprint density at radius 3 is 1.25 bits per heavy atom. The van der Waals surface area contributed by atoms with Gasteiger partial charge < -0.3 is 161 Å². The third kappa shape index (κ3) is 52.6. The smallest absolute Gasteiger partial charge is 0.397 e. The van der Waals surface area contributed by atoms with E-state index in [1.807, 2.05) is 194 Å². The monoisotopic (exact) mass is 2810 g/mol. The van der Waals surface area contributed by atoms with E-state index in [-0.39, 0.29) is 106 Å². The van der Waals surface area contributed by atoms with Crippen LogP contribution in [0.3, 0.4) is 0 Å². The standard InChI is InChI=1S/C16H17BrN4O4.C15H12BrN3O3.C15H16BrN3O.C12H13BrN4O.C8H11NO.C4H3Br2N3.C4H5ClO3.C4H9ClO.4CH2I.4V/c1-3-25-16(23)15(22)21-14-13(20-12(17)9-19-14)18-8-10-4-6-11(24-2)7-5-10;1-22-10-4-2-9(3-5-10)8-19-14-11(6-12(20)15(19)21)17-7-13(16)18-14;1-20-12-6-4-11(5-7-12)10-19-8-2-3-13-15(19)18-14(16)9-17-13;1-18-9-4-2-8(3-5-9)6-16-12-11(14)15-7-10(13)17-12;1-10-8-4-2-7(6-9)3-5-8;5-2-1-8-4(7)3(6)9-2;1-2-8-4(7)3(5)6;1-2-3-6-4-5;4*1-2;;;;/h4-7,9H,3,8H2,1-2H3,(H,18,20)(H,19,21,22);2-5,7H,6,8H2,1H3;4-7,9H,2-3,8,10H2,1H3;2-5,7H,6H2,1H3,(H2,14,15)(H,16,17);2-5H,6,9H2,1H3;1H,(H2,7,8);2H2,1H3;2-4H2,1H3;4*1H2;;;;/q;;;;;;;;4*-1;;;;. The fourth-order valence-corrected chi connectivity index (χ4v) is 11.6. The number of aromatic nitrogens is 10. The van der Waals surface area contributed by atoms with E-state index >= 15 is 0 Å². The molecule has 0 bridgehead atoms. The molecule has 0 saturated heterocycles. The van der Waals surface area contributed by atoms with E-state index < -0.39 is 34.8 Å². The molecule has 0 spiro atoms. The maximum Gasteiger partial charge on any atom is 0.397 e. The molecule has 5 aromatic heterocycles. The molecule has 5 aromatic carbocycles. The van der Waals surface area contributed by atoms with E-state index in [4.69, 9.17) is 68.8 Å². The Morgan fingerprint density at radius 2 is 0.854 bits per heavy atom. The molecule has 0 unspecified atom stereocenters. The maximum absolute atomic E-state index is 12.2. The first kappa shape index (κ1) is 132. The number of methoxy groups -OCH3 is 5. The van der Waals surface area contributed by atoms with Crippen molar-refractivity contribution in [3.05, 3.63) is 239 Å². The van der Waals surface area contributed by atoms with Crippen molar-refractivity contribution in [2.45, 2.75) is 79.2 Å². The van der Waals surface area contributed by atoms with Gasteiger partial charge in [0, 0.05) is 114 Å². The largest absolute Gasteiger partial charge is 0.497 e. The number of anilines is 7. The Morgan fingerprint density at radius 1 is 0.477 bits per heavy atom. The van der Waals surface area contributed by atoms with E-state index in [1.165, 1.54) is 22.9 Å². The van der Waals surface area contributed by atoms with E-state index in [1.54, 1.807) is 80.1 Å². The van der Waals surface area contributed by atoms with Gasteiger partial charge in [0.05, 0.1) is 104 Å². The summed E-state index contributed by atoms with van der Waals surface area (Å²) in [5.41, 5.74) is 23.4. The van der Waals surface area contributed by atoms with Gasteiger partial charge in [-0.3, -0.25) is 59.1 Å². The van der Waals surface area contributed by atoms with Gasteiger partial charge in [-0.25, -0.2) is 49.5 Å². The minimum absolute atomic E-state index is 0. The van der Waals surface area contributed by atoms with Crippen molar-refractivity contribution >= 4 is 285 Å². The first-order chi connectivity index (χ1) is 60.7. The predicted octanol–water partition coefficient (Wildman–Crippen LogP) is 19.4. The van der Waals surface area contributed by atoms with Gasteiger partial charge in [-0.15, -0.1) is 0 Å². The Labute approximate surface area is 921 Å². The molecule has 48 heteroatoms. The Kier molecular flexibility index (Phi) is 80.4. The van der Waals surface area contributed by atoms with Crippen molar-refractivity contribution in [3.63, 3.8) is 0 Å². The first-order valence-corrected chi connectivity index (χ1v) is 48.2. The zero-order chi connectivity index (χ0) is 94.5. The van der Waals surface area contributed by atoms with Crippen molar-refractivity contribution in [3.8, 4) is 28.7 Å². The molecular formula is C82H94Br6Cl2I4N18O14V4-4. The molecule has 4 radical (unpaired) electrons. The molecule has 130 heavy (non-hydrogen) atoms. The molecule has 2 aliphatic rings. The van der Waals surface area contributed by atoms with Crippen molar-refractivity contribution in [2.75, 3.05) is 105 Å². The maximum atomic E-state index is 12.2. The molecular weight excluding hydrogens is 2720 g/mol. The normalized spacial score (nSPS) is 10.3. The van der Waals surface area contributed by atoms with Crippen LogP contribution in [0.15, 0.2) is 180 Å². The number of nitrogen functional groups attached to an aromatic ring is 2. The van der Waals surface area contributed by atoms with Gasteiger partial charge in [0.15, 0.2) is 40.7 Å². The number of Topliss-reactive ketones (excluding diaryl/α,β-unsaturated/α-hetero) is 1. The van der Waals surface area contributed by atoms with Crippen molar-refractivity contribution in [1.82, 2.24) is 49.8 Å². The number of hydrogen-bond acceptors (Lipinski definition) is 30. The van der Waals surface area contributed by atoms with E-state index in [0.717, 1.165) is 106 Å². The van der Waals surface area contributed by atoms with E-state index in [2.05, 4.69) is 208 Å². The third-order valence-corrected chi connectivity index (χ3v) is 18.1. The van der Waals surface area contributed by atoms with Crippen molar-refractivity contribution < 1.29 is 141 Å². The number of ketones is 1. The van der Waals surface area contributed by atoms with Crippen LogP contribution in [0, 0.1) is 19.7 Å². The molecule has 0 saturated carbocycles. The topological polar surface area (TPSA) is 426 Å². The molecule has 12 rings (SSSR count). The summed E-state index contributed by atoms with van der Waals surface area (Å²) in [5.74, 6) is 3.40. The first-order valence-electron chi connectivity index (χ1n) is 36.5. The van der Waals surface area contributed by atoms with Crippen LogP contribution < -0.4 is 66.6 Å². The number of halogens is 12. The number of alkyl halides is 1. The number of nitrogens with two attached hydrogens (primary N) is 3. The van der Waals surface area contributed by atoms with Crippen molar-refractivity contribution in [2.24, 2.45) is 5.73 Å². The molecule has 704 valence electrons. The van der Waals surface area contributed by atoms with Gasteiger partial charge in [-0.2, -0.15) is 0 Å². The fraction of sp³-hybridized carbons (Fsp3) is 0.268. The minimum Gasteiger partial charge on any atom is -0.497 e. The minimum atomic E-state index is -1.08. The van der Waals surface area contributed by atoms with Crippen LogP contribution in [0.2, 0.25) is 0 Å². The van der Waals surface area contributed by atoms with Crippen LogP contribution in [0.4, 0.5) is 40.7 Å². The van der Waals surface area contributed by atoms with Gasteiger partial charge in [-0.05, 0) is 229 Å². The number of esters is 2. The number of rotatable bonds is 23. The zero-order valence-corrected chi connectivity index (χ0v) is 96.5. The fourth-order valence-electron chi connectivity index (χ4n) is 9.53. The van der Waals surface area contributed by atoms with Crippen LogP contribution in [-0.4, -0.2) is 153 Å². The van der Waals surface area contributed by atoms with Gasteiger partial charge in [0.25, 0.3) is 5.91 Å². The summed E-state index contributed by atoms with van der Waals surface area (Å²) in [5, 5.41) is 7.52. The molecule has 0 fully saturated rings. The average molecular weight is 2820 g/mol. The Bertz CT molecular complexity index is 4850. The number of carbonyl (C=O) groups is 6. The quantitative estimate of drug-likeness (QED) is 0.00659. The number of aryl methyl sites for hydroxylation is 1. The second-order valence-electron chi connectivity index (χ2n) is 23.5. The zero-order valence-electron chi connectivity index (χ0n) is 71.3. The summed E-state index contributed by atoms with van der Waals surface area (Å²) >= 11 is 36.8. The van der Waals surface area contributed by atoms with Crippen LogP contribution in [-0.2, 0) is 163 Å². The molecule has 32 nitrogen and oxygen atoms in total. The summed E-state index contributed by atoms with van der Waals surface area (Å²) in [6.45, 7) is 10.1. The van der Waals surface area contributed by atoms with Crippen LogP contribution in [0.25, 0.3) is 0 Å². The number of nitrogens with zero attached hydrogens (tertiary/aromatic N) is 12. The number of amides is 2. The summed E-state index contributed by atoms with van der Waals surface area (Å²) < 4.78 is 42.7. The van der Waals surface area contributed by atoms with Crippen LogP contribution in [0.5, 0.6) is 28.7 Å². The van der Waals surface area contributed by atoms with Gasteiger partial charge in [0.2, 0.25) is 5.78 Å². The number of carbonyl (C=O) groups excluding carboxylic acids is 6. The van der Waals surface area contributed by atoms with Gasteiger partial charge in [0.1, 0.15) is 62.4 Å². The van der Waals surface area contributed by atoms with E-state index in [9.17, 15) is 28.8 Å². The summed E-state index contributed by atoms with van der Waals surface area (Å²) in [7, 11) is 8.17. The van der Waals surface area contributed by atoms with Gasteiger partial charge in [-0.1, -0.05) is 79.2 Å². The number of hydrogen-bond donors (Lipinski definition) is 6. The predicted molar refractivity (Wildman–Crippen MR) is 549 cm³/mol. The van der Waals surface area contributed by atoms with Crippen molar-refractivity contribution in [1.29, 1.82) is 0 Å². The Hall–Kier alpha value is -4.64. The molecule has 0 atom stereocenters. The van der Waals surface area contributed by atoms with Crippen LogP contribution in [0.1, 0.15) is 72.8 Å². The average Bonchev–Trinajstić information content (AvgIpc) is 0.785. The number of fused-ring (bicyclic) bond motifs is 2. The molecule has 9 N–H and O–H groups in total. The second kappa shape index (κ2) is 79.4. The number of ether oxygens (including phenoxy) is 8. The third-order valence-electron chi connectivity index (χ3n) is 15.3. The second-order valence-corrected chi connectivity index (χ2v) is 28.8. The number of nitrogens with one attached hydrogen (secondary N) is 3. The molecule has 10 aromatic rings. The Balaban J connectivity index is -0.000000709. The SMILES string of the molecule is CCCOCCl.CCOC(=O)C(=O)Cl.CCOC(=O)C(=O)Nc1ncc(Br)nc1NCc1ccc(OC)cc1.COc1ccc(CN)cc1.COc1ccc(CN2C(=O)C(=O)Cc3ncc(Br)nc32)cc1.COc1ccc(CN2CCCc3ncc(Br)nc32)cc1.COc1ccc(CNc2nc(Br)cnc2N)cc1.Nc1ncc(Br)nc1Br.[CH2-]I.[CH2-]I.[CH2-]I.[CH2-]I.[V].[V].[V].[V]. The van der Waals surface area contributed by atoms with E-state index in [0.29, 0.717) is 83.5 Å². The summed E-state index contributed by atoms with van der Waals surface area (Å²) in [4.78, 5) is 125. The number of benzene rings is 5.